The number of carbonyl (C=O) groups excluding carboxylic acids is 2. The molecule has 176 valence electrons. The number of likely N-dealkylation sites (tertiary alicyclic amines) is 1. The Labute approximate surface area is 201 Å². The van der Waals surface area contributed by atoms with Crippen molar-refractivity contribution in [2.75, 3.05) is 32.5 Å². The lowest BCUT2D eigenvalue weighted by molar-refractivity contribution is -0.116. The minimum absolute atomic E-state index is 0.0541. The van der Waals surface area contributed by atoms with Gasteiger partial charge in [-0.15, -0.1) is 11.3 Å². The third kappa shape index (κ3) is 3.08. The normalized spacial score (nSPS) is 24.2. The lowest BCUT2D eigenvalue weighted by atomic mass is 9.93. The monoisotopic (exact) mass is 477 g/mol. The van der Waals surface area contributed by atoms with Gasteiger partial charge in [0.15, 0.2) is 0 Å². The van der Waals surface area contributed by atoms with E-state index in [9.17, 15) is 9.59 Å². The molecule has 0 spiro atoms. The van der Waals surface area contributed by atoms with Gasteiger partial charge >= 0.3 is 0 Å². The molecule has 2 aromatic heterocycles. The predicted molar refractivity (Wildman–Crippen MR) is 131 cm³/mol. The molecule has 10 heteroatoms. The van der Waals surface area contributed by atoms with Crippen molar-refractivity contribution < 1.29 is 9.59 Å². The number of hydrogen-bond donors (Lipinski definition) is 2. The summed E-state index contributed by atoms with van der Waals surface area (Å²) in [7, 11) is 4.19. The fourth-order valence-electron chi connectivity index (χ4n) is 5.36. The van der Waals surface area contributed by atoms with Crippen LogP contribution in [-0.2, 0) is 4.79 Å². The summed E-state index contributed by atoms with van der Waals surface area (Å²) in [6, 6.07) is 2.43. The van der Waals surface area contributed by atoms with Crippen LogP contribution in [0.3, 0.4) is 0 Å². The van der Waals surface area contributed by atoms with Gasteiger partial charge in [0, 0.05) is 19.1 Å². The standard InChI is InChI=1S/C24H27N7O2S/c1-13-9-16(17-11-24(2)28-21(32)19(13)31(17)24)27-20-15-10-18(34-22(15)26-12-25-20)23(33)30-7-5-14(6-8-30)29(3)4/h9-12,14H,5-8H2,1-4H3,(H,28,32)(H,25,26,27). The molecule has 1 unspecified atom stereocenters. The Kier molecular flexibility index (Phi) is 4.62. The number of hydrogen-bond acceptors (Lipinski definition) is 8. The molecule has 6 heterocycles. The molecule has 2 amide bonds. The Morgan fingerprint density at radius 3 is 2.79 bits per heavy atom. The molecule has 0 aromatic carbocycles. The van der Waals surface area contributed by atoms with E-state index in [1.807, 2.05) is 41.9 Å². The van der Waals surface area contributed by atoms with E-state index in [1.165, 1.54) is 17.7 Å². The maximum absolute atomic E-state index is 13.2. The van der Waals surface area contributed by atoms with Gasteiger partial charge in [0.25, 0.3) is 11.8 Å². The van der Waals surface area contributed by atoms with Crippen LogP contribution in [0.1, 0.15) is 36.4 Å². The van der Waals surface area contributed by atoms with Crippen molar-refractivity contribution in [3.05, 3.63) is 52.1 Å². The van der Waals surface area contributed by atoms with Crippen LogP contribution in [0.2, 0.25) is 0 Å². The highest BCUT2D eigenvalue weighted by Gasteiger charge is 2.53. The minimum atomic E-state index is -0.479. The molecule has 0 saturated carbocycles. The highest BCUT2D eigenvalue weighted by atomic mass is 32.1. The third-order valence-corrected chi connectivity index (χ3v) is 8.25. The van der Waals surface area contributed by atoms with Crippen LogP contribution in [0, 0.1) is 0 Å². The Hall–Kier alpha value is -3.24. The number of carbonyl (C=O) groups is 2. The molecule has 4 aliphatic rings. The first-order chi connectivity index (χ1) is 16.2. The first kappa shape index (κ1) is 21.3. The van der Waals surface area contributed by atoms with Crippen molar-refractivity contribution in [3.63, 3.8) is 0 Å². The molecule has 2 N–H and O–H groups in total. The molecule has 6 rings (SSSR count). The van der Waals surface area contributed by atoms with E-state index in [0.29, 0.717) is 22.4 Å². The lowest BCUT2D eigenvalue weighted by Crippen LogP contribution is -2.55. The number of anilines is 1. The van der Waals surface area contributed by atoms with E-state index < -0.39 is 5.66 Å². The summed E-state index contributed by atoms with van der Waals surface area (Å²) >= 11 is 1.41. The molecule has 1 atom stereocenters. The molecule has 0 aliphatic carbocycles. The van der Waals surface area contributed by atoms with E-state index in [1.54, 1.807) is 0 Å². The van der Waals surface area contributed by atoms with Crippen LogP contribution in [0.4, 0.5) is 5.82 Å². The van der Waals surface area contributed by atoms with Crippen molar-refractivity contribution in [1.82, 2.24) is 30.0 Å². The molecular formula is C24H27N7O2S. The quantitative estimate of drug-likeness (QED) is 0.699. The average molecular weight is 478 g/mol. The number of piperidine rings is 1. The van der Waals surface area contributed by atoms with Crippen LogP contribution >= 0.6 is 11.3 Å². The summed E-state index contributed by atoms with van der Waals surface area (Å²) in [4.78, 5) is 42.2. The maximum Gasteiger partial charge on any atom is 0.270 e. The van der Waals surface area contributed by atoms with E-state index in [4.69, 9.17) is 0 Å². The zero-order valence-corrected chi connectivity index (χ0v) is 20.5. The summed E-state index contributed by atoms with van der Waals surface area (Å²) in [6.45, 7) is 5.46. The van der Waals surface area contributed by atoms with Gasteiger partial charge < -0.3 is 25.3 Å². The summed E-state index contributed by atoms with van der Waals surface area (Å²) < 4.78 is 0. The number of aromatic nitrogens is 2. The van der Waals surface area contributed by atoms with Gasteiger partial charge in [0.1, 0.15) is 28.3 Å². The Morgan fingerprint density at radius 2 is 2.06 bits per heavy atom. The molecule has 9 nitrogen and oxygen atoms in total. The van der Waals surface area contributed by atoms with Crippen LogP contribution < -0.4 is 10.6 Å². The topological polar surface area (TPSA) is 93.7 Å². The smallest absolute Gasteiger partial charge is 0.270 e. The molecule has 34 heavy (non-hydrogen) atoms. The summed E-state index contributed by atoms with van der Waals surface area (Å²) in [6.07, 6.45) is 7.52. The van der Waals surface area contributed by atoms with E-state index >= 15 is 0 Å². The third-order valence-electron chi connectivity index (χ3n) is 7.21. The maximum atomic E-state index is 13.2. The molecule has 2 saturated heterocycles. The largest absolute Gasteiger partial charge is 0.338 e. The average Bonchev–Trinajstić information content (AvgIpc) is 3.33. The number of fused-ring (bicyclic) bond motifs is 1. The van der Waals surface area contributed by atoms with Gasteiger partial charge in [0.2, 0.25) is 0 Å². The first-order valence-electron chi connectivity index (χ1n) is 11.5. The van der Waals surface area contributed by atoms with E-state index in [0.717, 1.165) is 53.1 Å². The van der Waals surface area contributed by atoms with Gasteiger partial charge in [-0.2, -0.15) is 0 Å². The van der Waals surface area contributed by atoms with Gasteiger partial charge in [-0.05, 0) is 64.6 Å². The van der Waals surface area contributed by atoms with Crippen molar-refractivity contribution in [1.29, 1.82) is 0 Å². The molecular weight excluding hydrogens is 450 g/mol. The second-order valence-corrected chi connectivity index (χ2v) is 10.8. The molecule has 0 radical (unpaired) electrons. The molecule has 4 aliphatic heterocycles. The number of nitrogens with one attached hydrogen (secondary N) is 2. The number of allylic oxidation sites excluding steroid dienone is 2. The van der Waals surface area contributed by atoms with Gasteiger partial charge in [-0.3, -0.25) is 9.59 Å². The van der Waals surface area contributed by atoms with Crippen molar-refractivity contribution in [2.24, 2.45) is 0 Å². The summed E-state index contributed by atoms with van der Waals surface area (Å²) in [5, 5.41) is 7.29. The minimum Gasteiger partial charge on any atom is -0.338 e. The highest BCUT2D eigenvalue weighted by Crippen LogP contribution is 2.47. The second kappa shape index (κ2) is 7.38. The summed E-state index contributed by atoms with van der Waals surface area (Å²) in [5.74, 6) is 0.661. The lowest BCUT2D eigenvalue weighted by Gasteiger charge is -2.46. The van der Waals surface area contributed by atoms with E-state index in [2.05, 4.69) is 39.6 Å². The summed E-state index contributed by atoms with van der Waals surface area (Å²) in [5.41, 5.74) is 2.93. The van der Waals surface area contributed by atoms with Crippen molar-refractivity contribution in [3.8, 4) is 0 Å². The Bertz CT molecular complexity index is 1330. The first-order valence-corrected chi connectivity index (χ1v) is 12.3. The second-order valence-electron chi connectivity index (χ2n) is 9.72. The Morgan fingerprint density at radius 1 is 1.29 bits per heavy atom. The number of thiophene rings is 1. The van der Waals surface area contributed by atoms with Crippen molar-refractivity contribution >= 4 is 39.2 Å². The number of rotatable bonds is 4. The fourth-order valence-corrected chi connectivity index (χ4v) is 6.32. The van der Waals surface area contributed by atoms with Crippen molar-refractivity contribution in [2.45, 2.75) is 38.4 Å². The number of nitrogens with zero attached hydrogens (tertiary/aromatic N) is 5. The van der Waals surface area contributed by atoms with Crippen LogP contribution in [0.25, 0.3) is 10.2 Å². The van der Waals surface area contributed by atoms with Crippen LogP contribution in [-0.4, -0.2) is 75.4 Å². The predicted octanol–water partition coefficient (Wildman–Crippen LogP) is 2.49. The van der Waals surface area contributed by atoms with Crippen LogP contribution in [0.5, 0.6) is 0 Å². The molecule has 2 aromatic rings. The van der Waals surface area contributed by atoms with Gasteiger partial charge in [0.05, 0.1) is 21.7 Å². The number of amides is 2. The van der Waals surface area contributed by atoms with E-state index in [-0.39, 0.29) is 11.8 Å². The highest BCUT2D eigenvalue weighted by molar-refractivity contribution is 7.20. The van der Waals surface area contributed by atoms with Gasteiger partial charge in [-0.1, -0.05) is 0 Å². The fraction of sp³-hybridized carbons (Fsp3) is 0.417. The zero-order valence-electron chi connectivity index (χ0n) is 19.7. The Balaban J connectivity index is 1.27. The van der Waals surface area contributed by atoms with Crippen LogP contribution in [0.15, 0.2) is 47.2 Å². The van der Waals surface area contributed by atoms with Gasteiger partial charge in [-0.25, -0.2) is 9.97 Å². The molecule has 2 fully saturated rings. The molecule has 0 bridgehead atoms. The SMILES string of the molecule is CC1=C2C(=O)NC3(C)C=C(C(Nc4ncnc5sc(C(=O)N6CCC(N(C)C)CC6)cc45)=C1)N23. The zero-order chi connectivity index (χ0) is 23.8.